The van der Waals surface area contributed by atoms with Crippen LogP contribution in [0.1, 0.15) is 25.7 Å². The molecule has 4 nitrogen and oxygen atoms in total. The molecule has 98 valence electrons. The summed E-state index contributed by atoms with van der Waals surface area (Å²) < 4.78 is 0. The normalized spacial score (nSPS) is 17.4. The zero-order chi connectivity index (χ0) is 13.0. The van der Waals surface area contributed by atoms with Gasteiger partial charge in [0, 0.05) is 12.7 Å². The summed E-state index contributed by atoms with van der Waals surface area (Å²) in [6, 6.07) is 9.16. The summed E-state index contributed by atoms with van der Waals surface area (Å²) in [5.41, 5.74) is 0.0794. The van der Waals surface area contributed by atoms with Gasteiger partial charge in [0.05, 0.1) is 12.1 Å². The van der Waals surface area contributed by atoms with Gasteiger partial charge in [0.1, 0.15) is 0 Å². The zero-order valence-electron chi connectivity index (χ0n) is 10.7. The van der Waals surface area contributed by atoms with Crippen LogP contribution in [0.2, 0.25) is 0 Å². The largest absolute Gasteiger partial charge is 0.388 e. The molecule has 1 aliphatic rings. The predicted molar refractivity (Wildman–Crippen MR) is 71.5 cm³/mol. The quantitative estimate of drug-likeness (QED) is 0.863. The van der Waals surface area contributed by atoms with Gasteiger partial charge >= 0.3 is 6.03 Å². The lowest BCUT2D eigenvalue weighted by Gasteiger charge is -2.28. The highest BCUT2D eigenvalue weighted by atomic mass is 16.3. The topological polar surface area (TPSA) is 52.6 Å². The van der Waals surface area contributed by atoms with Crippen molar-refractivity contribution in [2.75, 3.05) is 18.9 Å². The van der Waals surface area contributed by atoms with Gasteiger partial charge < -0.3 is 15.3 Å². The molecule has 1 saturated carbocycles. The van der Waals surface area contributed by atoms with Crippen LogP contribution in [-0.2, 0) is 0 Å². The maximum atomic E-state index is 11.9. The smallest absolute Gasteiger partial charge is 0.321 e. The zero-order valence-corrected chi connectivity index (χ0v) is 10.7. The fourth-order valence-electron chi connectivity index (χ4n) is 2.44. The van der Waals surface area contributed by atoms with Crippen molar-refractivity contribution >= 4 is 11.7 Å². The number of anilines is 1. The van der Waals surface area contributed by atoms with Crippen LogP contribution in [0.15, 0.2) is 30.3 Å². The van der Waals surface area contributed by atoms with Crippen LogP contribution in [0.5, 0.6) is 0 Å². The number of nitrogens with zero attached hydrogens (tertiary/aromatic N) is 1. The molecule has 0 aliphatic heterocycles. The Morgan fingerprint density at radius 2 is 1.94 bits per heavy atom. The Morgan fingerprint density at radius 1 is 1.33 bits per heavy atom. The summed E-state index contributed by atoms with van der Waals surface area (Å²) in [5.74, 6) is 0. The number of amides is 2. The van der Waals surface area contributed by atoms with Crippen molar-refractivity contribution in [3.63, 3.8) is 0 Å². The molecular weight excluding hydrogens is 228 g/mol. The first-order valence-electron chi connectivity index (χ1n) is 6.39. The van der Waals surface area contributed by atoms with E-state index in [1.807, 2.05) is 30.3 Å². The molecule has 2 rings (SSSR count). The summed E-state index contributed by atoms with van der Waals surface area (Å²) >= 11 is 0. The van der Waals surface area contributed by atoms with Gasteiger partial charge in [0.2, 0.25) is 0 Å². The minimum Gasteiger partial charge on any atom is -0.388 e. The van der Waals surface area contributed by atoms with Crippen LogP contribution in [0.25, 0.3) is 0 Å². The van der Waals surface area contributed by atoms with Gasteiger partial charge in [-0.3, -0.25) is 0 Å². The average molecular weight is 248 g/mol. The number of para-hydroxylation sites is 1. The molecule has 2 N–H and O–H groups in total. The molecule has 0 bridgehead atoms. The van der Waals surface area contributed by atoms with E-state index in [2.05, 4.69) is 5.32 Å². The first kappa shape index (κ1) is 12.9. The van der Waals surface area contributed by atoms with Crippen molar-refractivity contribution in [3.8, 4) is 0 Å². The van der Waals surface area contributed by atoms with E-state index in [9.17, 15) is 9.90 Å². The Labute approximate surface area is 108 Å². The Balaban J connectivity index is 1.89. The highest BCUT2D eigenvalue weighted by Crippen LogP contribution is 2.29. The van der Waals surface area contributed by atoms with Crippen LogP contribution in [0, 0.1) is 0 Å². The molecule has 0 aromatic heterocycles. The maximum Gasteiger partial charge on any atom is 0.321 e. The van der Waals surface area contributed by atoms with Crippen LogP contribution in [0.4, 0.5) is 10.5 Å². The molecule has 18 heavy (non-hydrogen) atoms. The second kappa shape index (κ2) is 5.40. The van der Waals surface area contributed by atoms with Gasteiger partial charge in [-0.1, -0.05) is 31.0 Å². The molecule has 0 unspecified atom stereocenters. The third kappa shape index (κ3) is 3.23. The fourth-order valence-corrected chi connectivity index (χ4v) is 2.44. The number of likely N-dealkylation sites (N-methyl/N-ethyl adjacent to an activating group) is 1. The minimum atomic E-state index is -0.692. The number of carbonyl (C=O) groups is 1. The Bertz CT molecular complexity index is 400. The number of urea groups is 1. The van der Waals surface area contributed by atoms with Gasteiger partial charge in [-0.2, -0.15) is 0 Å². The number of aliphatic hydroxyl groups is 1. The summed E-state index contributed by atoms with van der Waals surface area (Å²) in [5, 5.41) is 13.1. The van der Waals surface area contributed by atoms with E-state index >= 15 is 0 Å². The lowest BCUT2D eigenvalue weighted by molar-refractivity contribution is 0.0262. The van der Waals surface area contributed by atoms with Crippen LogP contribution >= 0.6 is 0 Å². The van der Waals surface area contributed by atoms with Crippen LogP contribution in [-0.4, -0.2) is 35.2 Å². The third-order valence-electron chi connectivity index (χ3n) is 3.44. The van der Waals surface area contributed by atoms with E-state index in [0.29, 0.717) is 6.54 Å². The van der Waals surface area contributed by atoms with E-state index in [4.69, 9.17) is 0 Å². The molecule has 0 heterocycles. The van der Waals surface area contributed by atoms with E-state index in [-0.39, 0.29) is 6.03 Å². The van der Waals surface area contributed by atoms with Gasteiger partial charge in [-0.15, -0.1) is 0 Å². The van der Waals surface area contributed by atoms with E-state index in [1.54, 1.807) is 11.9 Å². The number of nitrogens with one attached hydrogen (secondary N) is 1. The fraction of sp³-hybridized carbons (Fsp3) is 0.500. The summed E-state index contributed by atoms with van der Waals surface area (Å²) in [7, 11) is 1.72. The lowest BCUT2D eigenvalue weighted by Crippen LogP contribution is -2.43. The van der Waals surface area contributed by atoms with Crippen molar-refractivity contribution < 1.29 is 9.90 Å². The third-order valence-corrected chi connectivity index (χ3v) is 3.44. The predicted octanol–water partition coefficient (Wildman–Crippen LogP) is 2.46. The van der Waals surface area contributed by atoms with Crippen molar-refractivity contribution in [2.24, 2.45) is 0 Å². The van der Waals surface area contributed by atoms with Crippen molar-refractivity contribution in [1.82, 2.24) is 4.90 Å². The average Bonchev–Trinajstić information content (AvgIpc) is 2.77. The maximum absolute atomic E-state index is 11.9. The molecule has 4 heteroatoms. The summed E-state index contributed by atoms with van der Waals surface area (Å²) in [4.78, 5) is 13.5. The van der Waals surface area contributed by atoms with E-state index in [1.165, 1.54) is 0 Å². The molecule has 0 radical (unpaired) electrons. The van der Waals surface area contributed by atoms with Gasteiger partial charge in [0.25, 0.3) is 0 Å². The number of carbonyl (C=O) groups excluding carboxylic acids is 1. The second-order valence-corrected chi connectivity index (χ2v) is 5.08. The van der Waals surface area contributed by atoms with E-state index in [0.717, 1.165) is 31.4 Å². The number of hydrogen-bond acceptors (Lipinski definition) is 2. The Kier molecular flexibility index (Phi) is 3.87. The van der Waals surface area contributed by atoms with Crippen molar-refractivity contribution in [2.45, 2.75) is 31.3 Å². The van der Waals surface area contributed by atoms with Crippen molar-refractivity contribution in [1.29, 1.82) is 0 Å². The number of benzene rings is 1. The molecule has 1 fully saturated rings. The van der Waals surface area contributed by atoms with Gasteiger partial charge in [-0.25, -0.2) is 4.79 Å². The lowest BCUT2D eigenvalue weighted by atomic mass is 10.0. The first-order chi connectivity index (χ1) is 8.59. The van der Waals surface area contributed by atoms with Crippen molar-refractivity contribution in [3.05, 3.63) is 30.3 Å². The first-order valence-corrected chi connectivity index (χ1v) is 6.39. The van der Waals surface area contributed by atoms with Gasteiger partial charge in [0.15, 0.2) is 0 Å². The SMILES string of the molecule is CN(CC1(O)CCCC1)C(=O)Nc1ccccc1. The molecule has 0 atom stereocenters. The monoisotopic (exact) mass is 248 g/mol. The highest BCUT2D eigenvalue weighted by molar-refractivity contribution is 5.89. The molecular formula is C14H20N2O2. The van der Waals surface area contributed by atoms with E-state index < -0.39 is 5.60 Å². The molecule has 0 spiro atoms. The Morgan fingerprint density at radius 3 is 2.56 bits per heavy atom. The molecule has 1 aliphatic carbocycles. The standard InChI is InChI=1S/C14H20N2O2/c1-16(11-14(18)9-5-6-10-14)13(17)15-12-7-3-2-4-8-12/h2-4,7-8,18H,5-6,9-11H2,1H3,(H,15,17). The van der Waals surface area contributed by atoms with Crippen LogP contribution < -0.4 is 5.32 Å². The molecule has 2 amide bonds. The number of rotatable bonds is 3. The molecule has 1 aromatic carbocycles. The van der Waals surface area contributed by atoms with Gasteiger partial charge in [-0.05, 0) is 25.0 Å². The number of hydrogen-bond donors (Lipinski definition) is 2. The molecule has 0 saturated heterocycles. The minimum absolute atomic E-state index is 0.179. The summed E-state index contributed by atoms with van der Waals surface area (Å²) in [6.07, 6.45) is 3.67. The second-order valence-electron chi connectivity index (χ2n) is 5.08. The van der Waals surface area contributed by atoms with Crippen LogP contribution in [0.3, 0.4) is 0 Å². The molecule has 1 aromatic rings. The summed E-state index contributed by atoms with van der Waals surface area (Å²) in [6.45, 7) is 0.395. The highest BCUT2D eigenvalue weighted by Gasteiger charge is 2.33. The Hall–Kier alpha value is -1.55.